The van der Waals surface area contributed by atoms with Crippen LogP contribution in [0.25, 0.3) is 0 Å². The fourth-order valence-corrected chi connectivity index (χ4v) is 0. The van der Waals surface area contributed by atoms with Crippen molar-refractivity contribution in [3.8, 4) is 0 Å². The molecule has 2 heteroatoms. The predicted octanol–water partition coefficient (Wildman–Crippen LogP) is 4.63. The van der Waals surface area contributed by atoms with Crippen LogP contribution in [0, 0.1) is 27.7 Å². The zero-order chi connectivity index (χ0) is 5.41. The smallest absolute Gasteiger partial charge is 0 e. The molecule has 0 aromatic carbocycles. The Morgan fingerprint density at radius 3 is 0.583 bits per heavy atom. The van der Waals surface area contributed by atoms with Crippen molar-refractivity contribution in [2.75, 3.05) is 0 Å². The van der Waals surface area contributed by atoms with Crippen molar-refractivity contribution in [1.82, 2.24) is 0 Å². The van der Waals surface area contributed by atoms with Crippen molar-refractivity contribution < 1.29 is 65.4 Å². The monoisotopic (exact) mass is 326 g/mol. The first-order valence-corrected chi connectivity index (χ1v) is 2.31. The molecular weight excluding hydrogens is 298 g/mol. The van der Waals surface area contributed by atoms with Gasteiger partial charge in [-0.2, -0.15) is 27.7 Å². The summed E-state index contributed by atoms with van der Waals surface area (Å²) < 4.78 is 0. The number of hydrogen-bond acceptors (Lipinski definition) is 0. The number of rotatable bonds is 0. The van der Waals surface area contributed by atoms with Gasteiger partial charge in [0.05, 0.1) is 0 Å². The van der Waals surface area contributed by atoms with Crippen LogP contribution in [-0.4, -0.2) is 0 Å². The van der Waals surface area contributed by atoms with Gasteiger partial charge >= 0.3 is 0 Å². The maximum absolute atomic E-state index is 2.00. The Bertz CT molecular complexity index is 9.80. The maximum atomic E-state index is 2.00. The third kappa shape index (κ3) is 315. The van der Waals surface area contributed by atoms with Crippen molar-refractivity contribution in [3.05, 3.63) is 27.7 Å². The quantitative estimate of drug-likeness (QED) is 0.570. The Morgan fingerprint density at radius 1 is 0.583 bits per heavy atom. The molecule has 0 rings (SSSR count). The average Bonchev–Trinajstić information content (AvgIpc) is 1.39. The van der Waals surface area contributed by atoms with E-state index in [-0.39, 0.29) is 95.1 Å². The van der Waals surface area contributed by atoms with E-state index >= 15 is 0 Å². The Labute approximate surface area is 134 Å². The molecule has 0 saturated heterocycles. The molecule has 0 N–H and O–H groups in total. The van der Waals surface area contributed by atoms with Crippen molar-refractivity contribution in [1.29, 1.82) is 0 Å². The Hall–Kier alpha value is 2.21. The largest absolute Gasteiger partial charge is 0.358 e. The molecule has 0 fully saturated rings. The minimum absolute atomic E-state index is 0. The fraction of sp³-hybridized carbons (Fsp3) is 0.600. The molecule has 0 atom stereocenters. The van der Waals surface area contributed by atoms with Gasteiger partial charge in [0.15, 0.2) is 0 Å². The van der Waals surface area contributed by atoms with Gasteiger partial charge in [-0.25, -0.2) is 0 Å². The standard InChI is InChI=1S/2C3H7.2CH4.2CH3.2Y/c2*1-3-2;;;;;;/h2*3H,1-2H3;2*1H4;2*1H3;;/q2*-1;;;2*-1;;. The van der Waals surface area contributed by atoms with Gasteiger partial charge in [-0.1, -0.05) is 14.9 Å². The van der Waals surface area contributed by atoms with Crippen LogP contribution in [0.2, 0.25) is 0 Å². The van der Waals surface area contributed by atoms with Gasteiger partial charge in [0.2, 0.25) is 0 Å². The summed E-state index contributed by atoms with van der Waals surface area (Å²) >= 11 is 0. The maximum Gasteiger partial charge on any atom is 0 e. The van der Waals surface area contributed by atoms with Crippen molar-refractivity contribution in [3.63, 3.8) is 0 Å². The average molecular weight is 326 g/mol. The summed E-state index contributed by atoms with van der Waals surface area (Å²) in [5.41, 5.74) is 0. The van der Waals surface area contributed by atoms with E-state index in [0.29, 0.717) is 0 Å². The number of hydrogen-bond donors (Lipinski definition) is 0. The summed E-state index contributed by atoms with van der Waals surface area (Å²) in [4.78, 5) is 0. The van der Waals surface area contributed by atoms with E-state index in [0.717, 1.165) is 0 Å². The van der Waals surface area contributed by atoms with E-state index in [1.807, 2.05) is 40.5 Å². The van der Waals surface area contributed by atoms with Crippen LogP contribution >= 0.6 is 0 Å². The summed E-state index contributed by atoms with van der Waals surface area (Å²) in [5, 5.41) is 0. The van der Waals surface area contributed by atoms with Crippen molar-refractivity contribution >= 4 is 0 Å². The molecule has 0 aliphatic carbocycles. The SMILES string of the molecule is C.C.C[CH-]C.C[CH-]C.[CH3-].[CH3-].[Y].[Y]. The molecule has 0 aliphatic heterocycles. The summed E-state index contributed by atoms with van der Waals surface area (Å²) in [6, 6.07) is 0. The molecule has 78 valence electrons. The molecule has 0 aliphatic rings. The van der Waals surface area contributed by atoms with E-state index in [4.69, 9.17) is 0 Å². The predicted molar refractivity (Wildman–Crippen MR) is 57.6 cm³/mol. The van der Waals surface area contributed by atoms with Gasteiger partial charge in [-0.15, -0.1) is 0 Å². The zero-order valence-electron chi connectivity index (χ0n) is 8.31. The Morgan fingerprint density at radius 2 is 0.583 bits per heavy atom. The third-order valence-electron chi connectivity index (χ3n) is 0. The first kappa shape index (κ1) is 64.3. The van der Waals surface area contributed by atoms with E-state index in [1.165, 1.54) is 0 Å². The molecule has 0 saturated carbocycles. The van der Waals surface area contributed by atoms with Crippen LogP contribution < -0.4 is 0 Å². The van der Waals surface area contributed by atoms with Crippen LogP contribution in [0.15, 0.2) is 0 Å². The van der Waals surface area contributed by atoms with Crippen molar-refractivity contribution in [2.45, 2.75) is 42.5 Å². The van der Waals surface area contributed by atoms with Gasteiger partial charge in [0.1, 0.15) is 0 Å². The second-order valence-electron chi connectivity index (χ2n) is 1.15. The normalized spacial score (nSPS) is 3.00. The zero-order valence-corrected chi connectivity index (χ0v) is 14.0. The van der Waals surface area contributed by atoms with E-state index in [1.54, 1.807) is 0 Å². The van der Waals surface area contributed by atoms with E-state index in [2.05, 4.69) is 0 Å². The molecule has 2 radical (unpaired) electrons. The molecule has 0 nitrogen and oxygen atoms in total. The molecule has 12 heavy (non-hydrogen) atoms. The minimum Gasteiger partial charge on any atom is -0.358 e. The molecule has 0 heterocycles. The molecule has 0 spiro atoms. The van der Waals surface area contributed by atoms with E-state index in [9.17, 15) is 0 Å². The first-order valence-electron chi connectivity index (χ1n) is 2.31. The first-order chi connectivity index (χ1) is 2.83. The van der Waals surface area contributed by atoms with Gasteiger partial charge < -0.3 is 27.7 Å². The Balaban J connectivity index is -0.00000000296. The van der Waals surface area contributed by atoms with Crippen molar-refractivity contribution in [2.24, 2.45) is 0 Å². The second kappa shape index (κ2) is 111. The molecular formula is C10H28Y2-4. The summed E-state index contributed by atoms with van der Waals surface area (Å²) in [6.07, 6.45) is 4.00. The summed E-state index contributed by atoms with van der Waals surface area (Å²) in [5.74, 6) is 0. The van der Waals surface area contributed by atoms with E-state index < -0.39 is 0 Å². The molecule has 0 bridgehead atoms. The van der Waals surface area contributed by atoms with Crippen LogP contribution in [0.4, 0.5) is 0 Å². The van der Waals surface area contributed by atoms with Crippen LogP contribution in [-0.2, 0) is 65.4 Å². The summed E-state index contributed by atoms with van der Waals surface area (Å²) in [7, 11) is 0. The van der Waals surface area contributed by atoms with Gasteiger partial charge in [0.25, 0.3) is 0 Å². The molecule has 0 amide bonds. The van der Waals surface area contributed by atoms with Gasteiger partial charge in [-0.3, -0.25) is 0 Å². The molecule has 0 aromatic rings. The molecule has 0 unspecified atom stereocenters. The fourth-order valence-electron chi connectivity index (χ4n) is 0. The summed E-state index contributed by atoms with van der Waals surface area (Å²) in [6.45, 7) is 8.00. The third-order valence-corrected chi connectivity index (χ3v) is 0. The van der Waals surface area contributed by atoms with Crippen LogP contribution in [0.1, 0.15) is 42.5 Å². The second-order valence-corrected chi connectivity index (χ2v) is 1.15. The minimum atomic E-state index is 0. The van der Waals surface area contributed by atoms with Crippen LogP contribution in [0.5, 0.6) is 0 Å². The molecule has 0 aromatic heterocycles. The van der Waals surface area contributed by atoms with Gasteiger partial charge in [-0.05, 0) is 0 Å². The topological polar surface area (TPSA) is 0 Å². The van der Waals surface area contributed by atoms with Gasteiger partial charge in [0, 0.05) is 65.4 Å². The van der Waals surface area contributed by atoms with Crippen LogP contribution in [0.3, 0.4) is 0 Å². The Kier molecular flexibility index (Phi) is 596.